The second kappa shape index (κ2) is 3.10. The van der Waals surface area contributed by atoms with Crippen LogP contribution in [0.25, 0.3) is 0 Å². The van der Waals surface area contributed by atoms with Crippen LogP contribution in [0.2, 0.25) is 4.05 Å². The van der Waals surface area contributed by atoms with Crippen LogP contribution in [0.15, 0.2) is 11.6 Å². The van der Waals surface area contributed by atoms with Gasteiger partial charge >= 0.3 is 50.7 Å². The van der Waals surface area contributed by atoms with Gasteiger partial charge in [0.2, 0.25) is 0 Å². The van der Waals surface area contributed by atoms with Gasteiger partial charge in [0.05, 0.1) is 0 Å². The molecule has 1 rings (SSSR count). The zero-order valence-corrected chi connectivity index (χ0v) is 7.45. The molecule has 0 spiro atoms. The van der Waals surface area contributed by atoms with Gasteiger partial charge in [-0.2, -0.15) is 0 Å². The van der Waals surface area contributed by atoms with Crippen LogP contribution in [-0.4, -0.2) is 21.7 Å². The molecule has 36 valence electrons. The number of hydrogen-bond donors (Lipinski definition) is 0. The van der Waals surface area contributed by atoms with Crippen LogP contribution in [0.4, 0.5) is 0 Å². The van der Waals surface area contributed by atoms with Crippen molar-refractivity contribution in [1.29, 1.82) is 0 Å². The van der Waals surface area contributed by atoms with E-state index in [0.29, 0.717) is 0 Å². The maximum atomic E-state index is 2.32. The number of hydrogen-bond acceptors (Lipinski definition) is 0. The normalized spacial score (nSPS) is 27.3. The second-order valence-corrected chi connectivity index (χ2v) is 3.03. The van der Waals surface area contributed by atoms with Crippen molar-refractivity contribution in [2.45, 2.75) is 17.4 Å². The monoisotopic (exact) mass is 170 g/mol. The SMILES string of the molecule is CC1=C[CH]([Mg+])C1.[Br-]. The summed E-state index contributed by atoms with van der Waals surface area (Å²) in [5, 5.41) is 0. The molecule has 0 heterocycles. The molecule has 0 N–H and O–H groups in total. The van der Waals surface area contributed by atoms with Gasteiger partial charge in [-0.1, -0.05) is 0 Å². The molecule has 0 saturated carbocycles. The van der Waals surface area contributed by atoms with Crippen molar-refractivity contribution in [3.8, 4) is 0 Å². The predicted molar refractivity (Wildman–Crippen MR) is 27.9 cm³/mol. The molecule has 0 aromatic heterocycles. The Labute approximate surface area is 67.6 Å². The zero-order valence-electron chi connectivity index (χ0n) is 4.45. The molecule has 1 unspecified atom stereocenters. The van der Waals surface area contributed by atoms with E-state index in [2.05, 4.69) is 34.7 Å². The van der Waals surface area contributed by atoms with Crippen LogP contribution in [-0.2, 0) is 0 Å². The maximum Gasteiger partial charge on any atom is -1.00 e. The van der Waals surface area contributed by atoms with Gasteiger partial charge in [0.1, 0.15) is 0 Å². The number of allylic oxidation sites excluding steroid dienone is 2. The molecule has 2 heteroatoms. The van der Waals surface area contributed by atoms with Crippen LogP contribution >= 0.6 is 0 Å². The summed E-state index contributed by atoms with van der Waals surface area (Å²) in [5.41, 5.74) is 1.56. The summed E-state index contributed by atoms with van der Waals surface area (Å²) in [6, 6.07) is 0. The Hall–Kier alpha value is 0.986. The Morgan fingerprint density at radius 1 is 1.86 bits per heavy atom. The van der Waals surface area contributed by atoms with Crippen molar-refractivity contribution in [2.75, 3.05) is 0 Å². The summed E-state index contributed by atoms with van der Waals surface area (Å²) in [6.45, 7) is 2.18. The largest absolute Gasteiger partial charge is 1.00 e. The first-order valence-corrected chi connectivity index (χ1v) is 3.11. The molecule has 1 atom stereocenters. The third kappa shape index (κ3) is 2.15. The Kier molecular flexibility index (Phi) is 3.54. The van der Waals surface area contributed by atoms with Crippen LogP contribution in [0.1, 0.15) is 13.3 Å². The van der Waals surface area contributed by atoms with Gasteiger partial charge in [0, 0.05) is 0 Å². The summed E-state index contributed by atoms with van der Waals surface area (Å²) in [5.74, 6) is 0. The van der Waals surface area contributed by atoms with Crippen LogP contribution in [0.3, 0.4) is 0 Å². The van der Waals surface area contributed by atoms with Crippen molar-refractivity contribution in [3.63, 3.8) is 0 Å². The zero-order chi connectivity index (χ0) is 4.57. The Bertz CT molecular complexity index is 88.1. The topological polar surface area (TPSA) is 0 Å². The van der Waals surface area contributed by atoms with E-state index in [-0.39, 0.29) is 17.0 Å². The van der Waals surface area contributed by atoms with Gasteiger partial charge in [0.25, 0.3) is 0 Å². The smallest absolute Gasteiger partial charge is 1.00 e. The van der Waals surface area contributed by atoms with E-state index < -0.39 is 0 Å². The fourth-order valence-corrected chi connectivity index (χ4v) is 1.64. The molecular weight excluding hydrogens is 164 g/mol. The van der Waals surface area contributed by atoms with E-state index >= 15 is 0 Å². The molecule has 0 bridgehead atoms. The minimum absolute atomic E-state index is 0. The average molecular weight is 171 g/mol. The van der Waals surface area contributed by atoms with Gasteiger partial charge < -0.3 is 17.0 Å². The molecule has 1 aliphatic rings. The fraction of sp³-hybridized carbons (Fsp3) is 0.600. The standard InChI is InChI=1S/C5H7.BrH.Mg/c1-5-3-2-4-5;;/h2-3H,4H2,1H3;1H;/q;;+1/p-1. The molecule has 0 radical (unpaired) electrons. The van der Waals surface area contributed by atoms with Crippen molar-refractivity contribution >= 4 is 21.7 Å². The molecule has 0 amide bonds. The molecular formula is C5H7BrMg. The van der Waals surface area contributed by atoms with Crippen molar-refractivity contribution < 1.29 is 17.0 Å². The minimum atomic E-state index is 0. The predicted octanol–water partition coefficient (Wildman–Crippen LogP) is -1.70. The van der Waals surface area contributed by atoms with Gasteiger partial charge in [-0.3, -0.25) is 0 Å². The molecule has 7 heavy (non-hydrogen) atoms. The first-order valence-electron chi connectivity index (χ1n) is 2.29. The van der Waals surface area contributed by atoms with Gasteiger partial charge in [-0.25, -0.2) is 0 Å². The van der Waals surface area contributed by atoms with Crippen LogP contribution in [0, 0.1) is 0 Å². The number of rotatable bonds is 0. The summed E-state index contributed by atoms with van der Waals surface area (Å²) in [7, 11) is 0. The average Bonchev–Trinajstić information content (AvgIpc) is 1.33. The molecule has 0 saturated heterocycles. The summed E-state index contributed by atoms with van der Waals surface area (Å²) in [6.07, 6.45) is 3.66. The molecule has 0 aliphatic heterocycles. The van der Waals surface area contributed by atoms with Gasteiger partial charge in [0.15, 0.2) is 0 Å². The van der Waals surface area contributed by atoms with E-state index in [1.165, 1.54) is 6.42 Å². The molecule has 1 aliphatic carbocycles. The fourth-order valence-electron chi connectivity index (χ4n) is 0.782. The number of halogens is 1. The van der Waals surface area contributed by atoms with Crippen molar-refractivity contribution in [3.05, 3.63) is 11.6 Å². The Morgan fingerprint density at radius 2 is 2.29 bits per heavy atom. The van der Waals surface area contributed by atoms with E-state index in [1.54, 1.807) is 5.57 Å². The third-order valence-electron chi connectivity index (χ3n) is 1.10. The van der Waals surface area contributed by atoms with Crippen LogP contribution in [0.5, 0.6) is 0 Å². The quantitative estimate of drug-likeness (QED) is 0.301. The first-order chi connectivity index (χ1) is 2.79. The Morgan fingerprint density at radius 3 is 2.29 bits per heavy atom. The Balaban J connectivity index is 0.000000360. The van der Waals surface area contributed by atoms with E-state index in [9.17, 15) is 0 Å². The van der Waals surface area contributed by atoms with E-state index in [4.69, 9.17) is 0 Å². The van der Waals surface area contributed by atoms with Crippen molar-refractivity contribution in [2.24, 2.45) is 0 Å². The van der Waals surface area contributed by atoms with Gasteiger partial charge in [-0.05, 0) is 0 Å². The third-order valence-corrected chi connectivity index (χ3v) is 1.63. The summed E-state index contributed by atoms with van der Waals surface area (Å²) >= 11 is 2.07. The van der Waals surface area contributed by atoms with Crippen molar-refractivity contribution in [1.82, 2.24) is 0 Å². The first kappa shape index (κ1) is 7.99. The summed E-state index contributed by atoms with van der Waals surface area (Å²) in [4.78, 5) is 0. The minimum Gasteiger partial charge on any atom is -1.00 e. The van der Waals surface area contributed by atoms with E-state index in [1.807, 2.05) is 0 Å². The second-order valence-electron chi connectivity index (χ2n) is 1.98. The van der Waals surface area contributed by atoms with Crippen LogP contribution < -0.4 is 17.0 Å². The van der Waals surface area contributed by atoms with Gasteiger partial charge in [-0.15, -0.1) is 0 Å². The molecule has 0 nitrogen and oxygen atoms in total. The maximum absolute atomic E-state index is 2.32. The summed E-state index contributed by atoms with van der Waals surface area (Å²) < 4.78 is 0.907. The molecule has 0 aromatic rings. The molecule has 0 aromatic carbocycles. The molecule has 0 fully saturated rings. The van der Waals surface area contributed by atoms with E-state index in [0.717, 1.165) is 4.05 Å².